The molecule has 3 N–H and O–H groups in total. The lowest BCUT2D eigenvalue weighted by atomic mass is 9.90. The van der Waals surface area contributed by atoms with Crippen LogP contribution in [-0.4, -0.2) is 41.9 Å². The minimum Gasteiger partial charge on any atom is -0.330 e. The number of nitro benzene ring substituents is 1. The number of halogens is 2. The average Bonchev–Trinajstić information content (AvgIpc) is 2.83. The molecule has 0 saturated carbocycles. The number of benzene rings is 1. The summed E-state index contributed by atoms with van der Waals surface area (Å²) < 4.78 is 0.489. The molecule has 2 rings (SSSR count). The molecule has 0 spiro atoms. The Balaban J connectivity index is 0.00000264. The van der Waals surface area contributed by atoms with Crippen LogP contribution in [-0.2, 0) is 4.79 Å². The lowest BCUT2D eigenvalue weighted by Gasteiger charge is -2.22. The Morgan fingerprint density at radius 2 is 2.26 bits per heavy atom. The fourth-order valence-electron chi connectivity index (χ4n) is 2.54. The quantitative estimate of drug-likeness (QED) is 0.576. The molecular formula is C14H20BrClN4O3. The Bertz CT molecular complexity index is 601. The SMILES string of the molecule is CC1(CN)CCN(CC(=O)Nc2ccc([N+](=O)[O-])cc2Br)C1.Cl. The number of nitrogens with one attached hydrogen (secondary N) is 1. The summed E-state index contributed by atoms with van der Waals surface area (Å²) in [7, 11) is 0. The summed E-state index contributed by atoms with van der Waals surface area (Å²) in [6, 6.07) is 4.26. The lowest BCUT2D eigenvalue weighted by Crippen LogP contribution is -2.35. The van der Waals surface area contributed by atoms with Crippen LogP contribution in [0.15, 0.2) is 22.7 Å². The molecule has 9 heteroatoms. The number of carbonyl (C=O) groups is 1. The maximum atomic E-state index is 12.1. The van der Waals surface area contributed by atoms with Gasteiger partial charge in [0, 0.05) is 23.2 Å². The Morgan fingerprint density at radius 3 is 2.78 bits per heavy atom. The molecule has 1 fully saturated rings. The number of carbonyl (C=O) groups excluding carboxylic acids is 1. The van der Waals surface area contributed by atoms with E-state index in [2.05, 4.69) is 33.1 Å². The van der Waals surface area contributed by atoms with Gasteiger partial charge in [0.1, 0.15) is 0 Å². The first kappa shape index (κ1) is 19.8. The van der Waals surface area contributed by atoms with Gasteiger partial charge in [0.2, 0.25) is 5.91 Å². The van der Waals surface area contributed by atoms with Crippen LogP contribution in [0, 0.1) is 15.5 Å². The number of rotatable bonds is 5. The summed E-state index contributed by atoms with van der Waals surface area (Å²) in [6.07, 6.45) is 0.984. The number of hydrogen-bond donors (Lipinski definition) is 2. The molecule has 1 aliphatic rings. The van der Waals surface area contributed by atoms with Crippen molar-refractivity contribution >= 4 is 45.6 Å². The average molecular weight is 408 g/mol. The molecule has 1 aliphatic heterocycles. The largest absolute Gasteiger partial charge is 0.330 e. The van der Waals surface area contributed by atoms with Crippen LogP contribution in [0.4, 0.5) is 11.4 Å². The Labute approximate surface area is 149 Å². The first-order valence-electron chi connectivity index (χ1n) is 6.99. The molecule has 1 aromatic rings. The number of hydrogen-bond acceptors (Lipinski definition) is 5. The molecule has 1 aromatic carbocycles. The van der Waals surface area contributed by atoms with Gasteiger partial charge in [-0.05, 0) is 46.9 Å². The zero-order valence-corrected chi connectivity index (χ0v) is 15.2. The molecule has 0 aromatic heterocycles. The third-order valence-corrected chi connectivity index (χ3v) is 4.59. The van der Waals surface area contributed by atoms with Crippen molar-refractivity contribution in [2.45, 2.75) is 13.3 Å². The van der Waals surface area contributed by atoms with Crippen molar-refractivity contribution < 1.29 is 9.72 Å². The molecule has 23 heavy (non-hydrogen) atoms. The second-order valence-electron chi connectivity index (χ2n) is 5.94. The minimum absolute atomic E-state index is 0. The molecule has 1 unspecified atom stereocenters. The monoisotopic (exact) mass is 406 g/mol. The van der Waals surface area contributed by atoms with E-state index in [1.165, 1.54) is 18.2 Å². The van der Waals surface area contributed by atoms with Crippen LogP contribution in [0.5, 0.6) is 0 Å². The highest BCUT2D eigenvalue weighted by Crippen LogP contribution is 2.29. The van der Waals surface area contributed by atoms with E-state index >= 15 is 0 Å². The van der Waals surface area contributed by atoms with Crippen molar-refractivity contribution in [1.29, 1.82) is 0 Å². The maximum Gasteiger partial charge on any atom is 0.270 e. The number of anilines is 1. The van der Waals surface area contributed by atoms with Crippen molar-refractivity contribution in [3.8, 4) is 0 Å². The van der Waals surface area contributed by atoms with Crippen molar-refractivity contribution in [3.63, 3.8) is 0 Å². The third kappa shape index (κ3) is 5.13. The van der Waals surface area contributed by atoms with Crippen molar-refractivity contribution in [1.82, 2.24) is 4.90 Å². The van der Waals surface area contributed by atoms with Crippen LogP contribution in [0.3, 0.4) is 0 Å². The predicted octanol–water partition coefficient (Wildman–Crippen LogP) is 2.39. The first-order chi connectivity index (χ1) is 10.3. The van der Waals surface area contributed by atoms with E-state index in [9.17, 15) is 14.9 Å². The highest BCUT2D eigenvalue weighted by atomic mass is 79.9. The van der Waals surface area contributed by atoms with E-state index in [0.717, 1.165) is 19.5 Å². The van der Waals surface area contributed by atoms with Crippen LogP contribution in [0.1, 0.15) is 13.3 Å². The second kappa shape index (κ2) is 8.05. The van der Waals surface area contributed by atoms with Crippen LogP contribution >= 0.6 is 28.3 Å². The first-order valence-corrected chi connectivity index (χ1v) is 7.78. The summed E-state index contributed by atoms with van der Waals surface area (Å²) in [5, 5.41) is 13.5. The van der Waals surface area contributed by atoms with E-state index in [1.807, 2.05) is 0 Å². The number of non-ortho nitro benzene ring substituents is 1. The van der Waals surface area contributed by atoms with Crippen molar-refractivity contribution in [2.75, 3.05) is 31.5 Å². The van der Waals surface area contributed by atoms with E-state index < -0.39 is 4.92 Å². The molecule has 0 bridgehead atoms. The van der Waals surface area contributed by atoms with Crippen molar-refractivity contribution in [2.24, 2.45) is 11.1 Å². The smallest absolute Gasteiger partial charge is 0.270 e. The number of nitrogens with zero attached hydrogens (tertiary/aromatic N) is 2. The van der Waals surface area contributed by atoms with Gasteiger partial charge in [-0.2, -0.15) is 0 Å². The van der Waals surface area contributed by atoms with E-state index in [0.29, 0.717) is 23.2 Å². The van der Waals surface area contributed by atoms with Crippen LogP contribution in [0.2, 0.25) is 0 Å². The lowest BCUT2D eigenvalue weighted by molar-refractivity contribution is -0.384. The standard InChI is InChI=1S/C14H19BrN4O3.ClH/c1-14(8-16)4-5-18(9-14)7-13(20)17-12-3-2-10(19(21)22)6-11(12)15;/h2-3,6H,4-5,7-9,16H2,1H3,(H,17,20);1H. The Hall–Kier alpha value is -1.22. The van der Waals surface area contributed by atoms with E-state index in [4.69, 9.17) is 5.73 Å². The summed E-state index contributed by atoms with van der Waals surface area (Å²) in [4.78, 5) is 24.4. The van der Waals surface area contributed by atoms with Gasteiger partial charge in [0.25, 0.3) is 5.69 Å². The molecule has 1 saturated heterocycles. The zero-order valence-electron chi connectivity index (χ0n) is 12.8. The van der Waals surface area contributed by atoms with Gasteiger partial charge in [0.05, 0.1) is 17.2 Å². The van der Waals surface area contributed by atoms with E-state index in [-0.39, 0.29) is 29.4 Å². The second-order valence-corrected chi connectivity index (χ2v) is 6.80. The highest BCUT2D eigenvalue weighted by molar-refractivity contribution is 9.10. The fourth-order valence-corrected chi connectivity index (χ4v) is 3.01. The summed E-state index contributed by atoms with van der Waals surface area (Å²) >= 11 is 3.24. The normalized spacial score (nSPS) is 20.8. The molecule has 1 heterocycles. The third-order valence-electron chi connectivity index (χ3n) is 3.93. The van der Waals surface area contributed by atoms with Gasteiger partial charge in [-0.3, -0.25) is 19.8 Å². The molecule has 0 aliphatic carbocycles. The molecule has 128 valence electrons. The summed E-state index contributed by atoms with van der Waals surface area (Å²) in [5.41, 5.74) is 6.33. The van der Waals surface area contributed by atoms with Gasteiger partial charge < -0.3 is 11.1 Å². The van der Waals surface area contributed by atoms with Crippen molar-refractivity contribution in [3.05, 3.63) is 32.8 Å². The molecule has 1 atom stereocenters. The topological polar surface area (TPSA) is 102 Å². The zero-order chi connectivity index (χ0) is 16.3. The van der Waals surface area contributed by atoms with Crippen LogP contribution in [0.25, 0.3) is 0 Å². The molecular weight excluding hydrogens is 388 g/mol. The Kier molecular flexibility index (Phi) is 6.94. The summed E-state index contributed by atoms with van der Waals surface area (Å²) in [5.74, 6) is -0.143. The van der Waals surface area contributed by atoms with Gasteiger partial charge >= 0.3 is 0 Å². The number of likely N-dealkylation sites (tertiary alicyclic amines) is 1. The minimum atomic E-state index is -0.478. The predicted molar refractivity (Wildman–Crippen MR) is 94.9 cm³/mol. The maximum absolute atomic E-state index is 12.1. The van der Waals surface area contributed by atoms with Crippen LogP contribution < -0.4 is 11.1 Å². The van der Waals surface area contributed by atoms with Gasteiger partial charge in [-0.15, -0.1) is 12.4 Å². The van der Waals surface area contributed by atoms with E-state index in [1.54, 1.807) is 0 Å². The van der Waals surface area contributed by atoms with Gasteiger partial charge in [-0.1, -0.05) is 6.92 Å². The molecule has 1 amide bonds. The van der Waals surface area contributed by atoms with Gasteiger partial charge in [0.15, 0.2) is 0 Å². The van der Waals surface area contributed by atoms with Gasteiger partial charge in [-0.25, -0.2) is 0 Å². The number of amides is 1. The number of nitrogens with two attached hydrogens (primary N) is 1. The number of nitro groups is 1. The highest BCUT2D eigenvalue weighted by Gasteiger charge is 2.33. The summed E-state index contributed by atoms with van der Waals surface area (Å²) in [6.45, 7) is 4.68. The molecule has 7 nitrogen and oxygen atoms in total. The fraction of sp³-hybridized carbons (Fsp3) is 0.500. The Morgan fingerprint density at radius 1 is 1.57 bits per heavy atom. The molecule has 0 radical (unpaired) electrons.